The van der Waals surface area contributed by atoms with Gasteiger partial charge in [0.25, 0.3) is 0 Å². The van der Waals surface area contributed by atoms with Gasteiger partial charge in [0.15, 0.2) is 5.78 Å². The number of fused-ring (bicyclic) bond motifs is 1. The van der Waals surface area contributed by atoms with Crippen LogP contribution in [-0.4, -0.2) is 10.8 Å². The molecule has 120 valence electrons. The largest absolute Gasteiger partial charge is 0.396 e. The van der Waals surface area contributed by atoms with Crippen molar-refractivity contribution in [1.29, 1.82) is 0 Å². The standard InChI is InChI=1S/C22H16N2O/c23-20-19(22(25)16-9-5-2-6-10-16)12-11-17-13-18(14-24-21(17)20)15-7-3-1-4-8-15/h1-14H,23H2. The topological polar surface area (TPSA) is 56.0 Å². The highest BCUT2D eigenvalue weighted by atomic mass is 16.1. The molecule has 3 heteroatoms. The van der Waals surface area contributed by atoms with Gasteiger partial charge in [0.1, 0.15) is 0 Å². The molecule has 4 rings (SSSR count). The number of anilines is 1. The van der Waals surface area contributed by atoms with Crippen LogP contribution in [0.25, 0.3) is 22.0 Å². The normalized spacial score (nSPS) is 10.7. The summed E-state index contributed by atoms with van der Waals surface area (Å²) in [5.41, 5.74) is 10.6. The van der Waals surface area contributed by atoms with E-state index in [4.69, 9.17) is 5.73 Å². The minimum atomic E-state index is -0.0889. The van der Waals surface area contributed by atoms with E-state index in [2.05, 4.69) is 4.98 Å². The summed E-state index contributed by atoms with van der Waals surface area (Å²) in [5, 5.41) is 0.920. The Hall–Kier alpha value is -3.46. The molecule has 1 aromatic heterocycles. The zero-order valence-corrected chi connectivity index (χ0v) is 13.5. The van der Waals surface area contributed by atoms with E-state index in [0.29, 0.717) is 22.3 Å². The van der Waals surface area contributed by atoms with Crippen molar-refractivity contribution < 1.29 is 4.79 Å². The van der Waals surface area contributed by atoms with Crippen molar-refractivity contribution in [2.75, 3.05) is 5.73 Å². The molecule has 0 bridgehead atoms. The molecule has 4 aromatic rings. The van der Waals surface area contributed by atoms with E-state index < -0.39 is 0 Å². The molecule has 0 unspecified atom stereocenters. The highest BCUT2D eigenvalue weighted by molar-refractivity contribution is 6.15. The zero-order chi connectivity index (χ0) is 17.2. The Balaban J connectivity index is 1.80. The van der Waals surface area contributed by atoms with Crippen molar-refractivity contribution in [3.8, 4) is 11.1 Å². The zero-order valence-electron chi connectivity index (χ0n) is 13.5. The first-order valence-corrected chi connectivity index (χ1v) is 8.07. The van der Waals surface area contributed by atoms with Gasteiger partial charge in [-0.15, -0.1) is 0 Å². The molecule has 3 aromatic carbocycles. The molecule has 0 saturated heterocycles. The molecular weight excluding hydrogens is 308 g/mol. The van der Waals surface area contributed by atoms with Gasteiger partial charge in [-0.05, 0) is 17.7 Å². The van der Waals surface area contributed by atoms with Crippen LogP contribution in [0.1, 0.15) is 15.9 Å². The van der Waals surface area contributed by atoms with E-state index in [1.807, 2.05) is 60.7 Å². The molecule has 0 radical (unpaired) electrons. The molecule has 1 heterocycles. The molecule has 0 spiro atoms. The summed E-state index contributed by atoms with van der Waals surface area (Å²) < 4.78 is 0. The number of carbonyl (C=O) groups is 1. The molecule has 2 N–H and O–H groups in total. The van der Waals surface area contributed by atoms with Crippen molar-refractivity contribution >= 4 is 22.4 Å². The molecule has 0 amide bonds. The number of ketones is 1. The summed E-state index contributed by atoms with van der Waals surface area (Å²) in [7, 11) is 0. The molecule has 0 fully saturated rings. The third-order valence-corrected chi connectivity index (χ3v) is 4.28. The second-order valence-corrected chi connectivity index (χ2v) is 5.88. The first-order valence-electron chi connectivity index (χ1n) is 8.07. The van der Waals surface area contributed by atoms with Crippen molar-refractivity contribution in [1.82, 2.24) is 4.98 Å². The Morgan fingerprint density at radius 2 is 1.48 bits per heavy atom. The van der Waals surface area contributed by atoms with Crippen LogP contribution in [0, 0.1) is 0 Å². The Morgan fingerprint density at radius 3 is 2.20 bits per heavy atom. The van der Waals surface area contributed by atoms with Crippen LogP contribution < -0.4 is 5.73 Å². The fourth-order valence-corrected chi connectivity index (χ4v) is 2.96. The van der Waals surface area contributed by atoms with Gasteiger partial charge in [-0.2, -0.15) is 0 Å². The number of hydrogen-bond acceptors (Lipinski definition) is 3. The number of pyridine rings is 1. The summed E-state index contributed by atoms with van der Waals surface area (Å²) >= 11 is 0. The maximum absolute atomic E-state index is 12.7. The smallest absolute Gasteiger partial charge is 0.195 e. The summed E-state index contributed by atoms with van der Waals surface area (Å²) in [6, 6.07) is 24.9. The first kappa shape index (κ1) is 15.1. The van der Waals surface area contributed by atoms with Crippen molar-refractivity contribution in [3.05, 3.63) is 96.2 Å². The lowest BCUT2D eigenvalue weighted by Crippen LogP contribution is -2.06. The summed E-state index contributed by atoms with van der Waals surface area (Å²) in [4.78, 5) is 17.2. The lowest BCUT2D eigenvalue weighted by atomic mass is 9.98. The van der Waals surface area contributed by atoms with Gasteiger partial charge in [-0.1, -0.05) is 66.7 Å². The van der Waals surface area contributed by atoms with Crippen LogP contribution in [0.4, 0.5) is 5.69 Å². The number of carbonyl (C=O) groups excluding carboxylic acids is 1. The lowest BCUT2D eigenvalue weighted by Gasteiger charge is -2.09. The Kier molecular flexibility index (Phi) is 3.75. The van der Waals surface area contributed by atoms with Gasteiger partial charge in [0, 0.05) is 28.3 Å². The quantitative estimate of drug-likeness (QED) is 0.438. The number of nitrogens with zero attached hydrogens (tertiary/aromatic N) is 1. The van der Waals surface area contributed by atoms with Crippen LogP contribution in [0.3, 0.4) is 0 Å². The molecule has 0 saturated carbocycles. The summed E-state index contributed by atoms with van der Waals surface area (Å²) in [6.45, 7) is 0. The molecule has 0 aliphatic rings. The number of aromatic nitrogens is 1. The molecule has 0 aliphatic carbocycles. The van der Waals surface area contributed by atoms with Crippen LogP contribution in [0.5, 0.6) is 0 Å². The third-order valence-electron chi connectivity index (χ3n) is 4.28. The monoisotopic (exact) mass is 324 g/mol. The van der Waals surface area contributed by atoms with E-state index in [9.17, 15) is 4.79 Å². The predicted octanol–water partition coefficient (Wildman–Crippen LogP) is 4.72. The van der Waals surface area contributed by atoms with Gasteiger partial charge in [-0.3, -0.25) is 9.78 Å². The van der Waals surface area contributed by atoms with Crippen LogP contribution in [0.2, 0.25) is 0 Å². The SMILES string of the molecule is Nc1c(C(=O)c2ccccc2)ccc2cc(-c3ccccc3)cnc12. The first-order chi connectivity index (χ1) is 12.2. The molecule has 25 heavy (non-hydrogen) atoms. The fourth-order valence-electron chi connectivity index (χ4n) is 2.96. The number of nitrogen functional groups attached to an aromatic ring is 1. The van der Waals surface area contributed by atoms with E-state index in [1.54, 1.807) is 24.4 Å². The van der Waals surface area contributed by atoms with Gasteiger partial charge in [0.2, 0.25) is 0 Å². The Bertz CT molecular complexity index is 1060. The van der Waals surface area contributed by atoms with E-state index in [-0.39, 0.29) is 5.78 Å². The minimum absolute atomic E-state index is 0.0889. The van der Waals surface area contributed by atoms with Gasteiger partial charge < -0.3 is 5.73 Å². The molecule has 3 nitrogen and oxygen atoms in total. The predicted molar refractivity (Wildman–Crippen MR) is 101 cm³/mol. The van der Waals surface area contributed by atoms with Crippen molar-refractivity contribution in [2.45, 2.75) is 0 Å². The highest BCUT2D eigenvalue weighted by Gasteiger charge is 2.15. The molecule has 0 atom stereocenters. The summed E-state index contributed by atoms with van der Waals surface area (Å²) in [6.07, 6.45) is 1.80. The number of nitrogens with two attached hydrogens (primary N) is 1. The Labute approximate surface area is 145 Å². The van der Waals surface area contributed by atoms with Gasteiger partial charge >= 0.3 is 0 Å². The Morgan fingerprint density at radius 1 is 0.800 bits per heavy atom. The van der Waals surface area contributed by atoms with E-state index in [1.165, 1.54) is 0 Å². The van der Waals surface area contributed by atoms with E-state index >= 15 is 0 Å². The van der Waals surface area contributed by atoms with Crippen LogP contribution in [-0.2, 0) is 0 Å². The van der Waals surface area contributed by atoms with Gasteiger partial charge in [-0.25, -0.2) is 0 Å². The van der Waals surface area contributed by atoms with Crippen molar-refractivity contribution in [3.63, 3.8) is 0 Å². The molecular formula is C22H16N2O. The van der Waals surface area contributed by atoms with Crippen LogP contribution >= 0.6 is 0 Å². The third kappa shape index (κ3) is 2.76. The van der Waals surface area contributed by atoms with Crippen molar-refractivity contribution in [2.24, 2.45) is 0 Å². The second-order valence-electron chi connectivity index (χ2n) is 5.88. The average molecular weight is 324 g/mol. The number of benzene rings is 3. The van der Waals surface area contributed by atoms with Gasteiger partial charge in [0.05, 0.1) is 11.2 Å². The maximum Gasteiger partial charge on any atom is 0.195 e. The molecule has 0 aliphatic heterocycles. The average Bonchev–Trinajstić information content (AvgIpc) is 2.69. The number of rotatable bonds is 3. The van der Waals surface area contributed by atoms with Crippen LogP contribution in [0.15, 0.2) is 85.1 Å². The second kappa shape index (κ2) is 6.21. The fraction of sp³-hybridized carbons (Fsp3) is 0. The summed E-state index contributed by atoms with van der Waals surface area (Å²) in [5.74, 6) is -0.0889. The highest BCUT2D eigenvalue weighted by Crippen LogP contribution is 2.28. The minimum Gasteiger partial charge on any atom is -0.396 e. The lowest BCUT2D eigenvalue weighted by molar-refractivity contribution is 0.103. The maximum atomic E-state index is 12.7. The number of hydrogen-bond donors (Lipinski definition) is 1. The van der Waals surface area contributed by atoms with E-state index in [0.717, 1.165) is 16.5 Å².